The molecule has 0 spiro atoms. The molecular weight excluding hydrogens is 364 g/mol. The number of oxazole rings is 1. The van der Waals surface area contributed by atoms with Crippen LogP contribution in [0.3, 0.4) is 0 Å². The number of amides is 2. The van der Waals surface area contributed by atoms with Crippen molar-refractivity contribution >= 4 is 34.0 Å². The van der Waals surface area contributed by atoms with E-state index in [1.807, 2.05) is 30.5 Å². The molecule has 0 atom stereocenters. The second-order valence-electron chi connectivity index (χ2n) is 6.29. The number of aryl methyl sites for hydroxylation is 3. The van der Waals surface area contributed by atoms with Crippen molar-refractivity contribution < 1.29 is 14.0 Å². The molecule has 3 heterocycles. The first-order valence-corrected chi connectivity index (χ1v) is 9.57. The van der Waals surface area contributed by atoms with E-state index in [1.165, 1.54) is 11.3 Å². The molecule has 0 aliphatic carbocycles. The Morgan fingerprint density at radius 2 is 2.19 bits per heavy atom. The lowest BCUT2D eigenvalue weighted by Crippen LogP contribution is -2.18. The van der Waals surface area contributed by atoms with Gasteiger partial charge in [0.2, 0.25) is 11.7 Å². The van der Waals surface area contributed by atoms with Gasteiger partial charge in [-0.3, -0.25) is 14.9 Å². The molecule has 0 unspecified atom stereocenters. The lowest BCUT2D eigenvalue weighted by Gasteiger charge is -2.17. The van der Waals surface area contributed by atoms with E-state index in [-0.39, 0.29) is 17.6 Å². The predicted octanol–water partition coefficient (Wildman–Crippen LogP) is 3.81. The second kappa shape index (κ2) is 6.96. The van der Waals surface area contributed by atoms with Crippen molar-refractivity contribution in [3.8, 4) is 11.3 Å². The monoisotopic (exact) mass is 382 g/mol. The number of anilines is 2. The predicted molar refractivity (Wildman–Crippen MR) is 103 cm³/mol. The molecule has 1 aromatic carbocycles. The van der Waals surface area contributed by atoms with Crippen molar-refractivity contribution in [2.75, 3.05) is 10.6 Å². The van der Waals surface area contributed by atoms with Crippen LogP contribution in [-0.4, -0.2) is 21.8 Å². The number of hydrogen-bond acceptors (Lipinski definition) is 6. The summed E-state index contributed by atoms with van der Waals surface area (Å²) in [4.78, 5) is 32.6. The van der Waals surface area contributed by atoms with E-state index in [9.17, 15) is 9.59 Å². The summed E-state index contributed by atoms with van der Waals surface area (Å²) < 4.78 is 5.48. The minimum Gasteiger partial charge on any atom is -0.435 e. The van der Waals surface area contributed by atoms with Gasteiger partial charge < -0.3 is 9.73 Å². The zero-order valence-electron chi connectivity index (χ0n) is 15.0. The summed E-state index contributed by atoms with van der Waals surface area (Å²) in [6.07, 6.45) is 1.84. The molecule has 8 heteroatoms. The third-order valence-electron chi connectivity index (χ3n) is 4.37. The SMILES string of the molecule is CCc1nc(C)c(C(=O)Nc2nc(-c3ccc4c(c3)CCC(=O)N4)cs2)o1. The van der Waals surface area contributed by atoms with E-state index >= 15 is 0 Å². The molecule has 0 saturated heterocycles. The standard InChI is InChI=1S/C19H18N4O3S/c1-3-16-20-10(2)17(26-16)18(25)23-19-22-14(9-27-19)12-4-6-13-11(8-12)5-7-15(24)21-13/h4,6,8-9H,3,5,7H2,1-2H3,(H,21,24)(H,22,23,25). The molecule has 4 rings (SSSR count). The van der Waals surface area contributed by atoms with Crippen molar-refractivity contribution in [2.45, 2.75) is 33.1 Å². The van der Waals surface area contributed by atoms with Gasteiger partial charge >= 0.3 is 0 Å². The third-order valence-corrected chi connectivity index (χ3v) is 5.13. The van der Waals surface area contributed by atoms with E-state index in [0.29, 0.717) is 36.0 Å². The number of nitrogens with zero attached hydrogens (tertiary/aromatic N) is 2. The van der Waals surface area contributed by atoms with Crippen molar-refractivity contribution in [3.05, 3.63) is 46.5 Å². The summed E-state index contributed by atoms with van der Waals surface area (Å²) >= 11 is 1.35. The van der Waals surface area contributed by atoms with Crippen LogP contribution in [0.15, 0.2) is 28.0 Å². The molecule has 27 heavy (non-hydrogen) atoms. The van der Waals surface area contributed by atoms with Crippen molar-refractivity contribution in [1.82, 2.24) is 9.97 Å². The maximum Gasteiger partial charge on any atom is 0.295 e. The highest BCUT2D eigenvalue weighted by Crippen LogP contribution is 2.30. The Hall–Kier alpha value is -3.00. The summed E-state index contributed by atoms with van der Waals surface area (Å²) in [5.74, 6) is 0.448. The van der Waals surface area contributed by atoms with E-state index in [1.54, 1.807) is 6.92 Å². The Morgan fingerprint density at radius 1 is 1.33 bits per heavy atom. The number of carbonyl (C=O) groups excluding carboxylic acids is 2. The maximum atomic E-state index is 12.4. The van der Waals surface area contributed by atoms with Gasteiger partial charge in [-0.25, -0.2) is 9.97 Å². The summed E-state index contributed by atoms with van der Waals surface area (Å²) in [5, 5.41) is 8.03. The van der Waals surface area contributed by atoms with E-state index < -0.39 is 0 Å². The van der Waals surface area contributed by atoms with Gasteiger partial charge in [0.25, 0.3) is 5.91 Å². The lowest BCUT2D eigenvalue weighted by molar-refractivity contribution is -0.116. The molecule has 0 bridgehead atoms. The minimum absolute atomic E-state index is 0.0443. The Balaban J connectivity index is 1.52. The highest BCUT2D eigenvalue weighted by molar-refractivity contribution is 7.14. The molecule has 0 saturated carbocycles. The highest BCUT2D eigenvalue weighted by Gasteiger charge is 2.19. The van der Waals surface area contributed by atoms with Crippen LogP contribution in [0.4, 0.5) is 10.8 Å². The highest BCUT2D eigenvalue weighted by atomic mass is 32.1. The van der Waals surface area contributed by atoms with Crippen molar-refractivity contribution in [3.63, 3.8) is 0 Å². The van der Waals surface area contributed by atoms with Crippen LogP contribution in [0, 0.1) is 6.92 Å². The summed E-state index contributed by atoms with van der Waals surface area (Å²) in [6, 6.07) is 5.84. The van der Waals surface area contributed by atoms with Gasteiger partial charge in [-0.2, -0.15) is 0 Å². The topological polar surface area (TPSA) is 97.1 Å². The zero-order chi connectivity index (χ0) is 19.0. The summed E-state index contributed by atoms with van der Waals surface area (Å²) in [6.45, 7) is 3.67. The Bertz CT molecular complexity index is 1040. The molecule has 1 aliphatic rings. The van der Waals surface area contributed by atoms with E-state index in [0.717, 1.165) is 22.5 Å². The van der Waals surface area contributed by atoms with Crippen molar-refractivity contribution in [2.24, 2.45) is 0 Å². The van der Waals surface area contributed by atoms with Gasteiger partial charge in [0.1, 0.15) is 0 Å². The first kappa shape index (κ1) is 17.4. The van der Waals surface area contributed by atoms with Crippen LogP contribution in [0.1, 0.15) is 41.0 Å². The maximum absolute atomic E-state index is 12.4. The first-order valence-electron chi connectivity index (χ1n) is 8.70. The van der Waals surface area contributed by atoms with Gasteiger partial charge in [-0.05, 0) is 31.0 Å². The van der Waals surface area contributed by atoms with Gasteiger partial charge in [-0.1, -0.05) is 13.0 Å². The fourth-order valence-corrected chi connectivity index (χ4v) is 3.69. The number of aromatic nitrogens is 2. The smallest absolute Gasteiger partial charge is 0.295 e. The third kappa shape index (κ3) is 3.48. The Morgan fingerprint density at radius 3 is 2.96 bits per heavy atom. The lowest BCUT2D eigenvalue weighted by atomic mass is 9.99. The molecule has 2 N–H and O–H groups in total. The van der Waals surface area contributed by atoms with E-state index in [2.05, 4.69) is 20.6 Å². The average Bonchev–Trinajstić information content (AvgIpc) is 3.27. The number of rotatable bonds is 4. The zero-order valence-corrected chi connectivity index (χ0v) is 15.8. The molecule has 1 aliphatic heterocycles. The molecule has 2 amide bonds. The molecule has 7 nitrogen and oxygen atoms in total. The number of fused-ring (bicyclic) bond motifs is 1. The summed E-state index contributed by atoms with van der Waals surface area (Å²) in [7, 11) is 0. The molecular formula is C19H18N4O3S. The van der Waals surface area contributed by atoms with Crippen LogP contribution in [0.25, 0.3) is 11.3 Å². The van der Waals surface area contributed by atoms with Crippen LogP contribution >= 0.6 is 11.3 Å². The fourth-order valence-electron chi connectivity index (χ4n) is 2.97. The quantitative estimate of drug-likeness (QED) is 0.715. The number of thiazole rings is 1. The van der Waals surface area contributed by atoms with Gasteiger partial charge in [-0.15, -0.1) is 11.3 Å². The molecule has 3 aromatic rings. The number of nitrogens with one attached hydrogen (secondary N) is 2. The van der Waals surface area contributed by atoms with E-state index in [4.69, 9.17) is 4.42 Å². The first-order chi connectivity index (χ1) is 13.0. The molecule has 2 aromatic heterocycles. The van der Waals surface area contributed by atoms with Gasteiger partial charge in [0.05, 0.1) is 11.4 Å². The number of hydrogen-bond donors (Lipinski definition) is 2. The molecule has 138 valence electrons. The minimum atomic E-state index is -0.353. The van der Waals surface area contributed by atoms with Gasteiger partial charge in [0.15, 0.2) is 11.0 Å². The van der Waals surface area contributed by atoms with Crippen molar-refractivity contribution in [1.29, 1.82) is 0 Å². The Kier molecular flexibility index (Phi) is 4.49. The normalized spacial score (nSPS) is 13.2. The number of carbonyl (C=O) groups is 2. The van der Waals surface area contributed by atoms with Crippen LogP contribution in [0.2, 0.25) is 0 Å². The second-order valence-corrected chi connectivity index (χ2v) is 7.15. The molecule has 0 radical (unpaired) electrons. The largest absolute Gasteiger partial charge is 0.435 e. The van der Waals surface area contributed by atoms with Gasteiger partial charge in [0, 0.05) is 29.5 Å². The fraction of sp³-hybridized carbons (Fsp3) is 0.263. The van der Waals surface area contributed by atoms with Crippen LogP contribution in [0.5, 0.6) is 0 Å². The number of benzene rings is 1. The summed E-state index contributed by atoms with van der Waals surface area (Å²) in [5.41, 5.74) is 4.24. The average molecular weight is 382 g/mol. The van der Waals surface area contributed by atoms with Crippen LogP contribution < -0.4 is 10.6 Å². The molecule has 0 fully saturated rings. The Labute approximate surface area is 159 Å². The van der Waals surface area contributed by atoms with Crippen LogP contribution in [-0.2, 0) is 17.6 Å².